The molecule has 85 heavy (non-hydrogen) atoms. The number of rotatable bonds is 7. The Morgan fingerprint density at radius 2 is 0.706 bits per heavy atom. The van der Waals surface area contributed by atoms with E-state index in [-0.39, 0.29) is 78.9 Å². The van der Waals surface area contributed by atoms with Gasteiger partial charge in [0.25, 0.3) is 11.8 Å². The van der Waals surface area contributed by atoms with Crippen molar-refractivity contribution in [3.8, 4) is 11.1 Å². The average Bonchev–Trinajstić information content (AvgIpc) is 4.18. The fraction of sp³-hybridized carbons (Fsp3) is 0.257. The van der Waals surface area contributed by atoms with Crippen LogP contribution < -0.4 is 0 Å². The van der Waals surface area contributed by atoms with Crippen LogP contribution in [0.15, 0.2) is 182 Å². The van der Waals surface area contributed by atoms with Crippen LogP contribution >= 0.6 is 0 Å². The number of benzene rings is 8. The molecule has 0 atom stereocenters. The fourth-order valence-electron chi connectivity index (χ4n) is 8.08. The molecule has 0 fully saturated rings. The maximum absolute atomic E-state index is 12.1. The second-order valence-corrected chi connectivity index (χ2v) is 19.8. The Morgan fingerprint density at radius 1 is 0.400 bits per heavy atom. The number of esters is 2. The molecule has 2 aliphatic rings. The molecule has 0 saturated carbocycles. The van der Waals surface area contributed by atoms with Gasteiger partial charge in [-0.3, -0.25) is 14.5 Å². The van der Waals surface area contributed by atoms with E-state index in [2.05, 4.69) is 220 Å². The molecule has 0 unspecified atom stereocenters. The van der Waals surface area contributed by atoms with Crippen LogP contribution in [0.3, 0.4) is 0 Å². The van der Waals surface area contributed by atoms with E-state index in [1.54, 1.807) is 0 Å². The first-order valence-electron chi connectivity index (χ1n) is 28.2. The number of hydrogen-bond donors (Lipinski definition) is 0. The fourth-order valence-corrected chi connectivity index (χ4v) is 8.08. The van der Waals surface area contributed by atoms with E-state index in [9.17, 15) is 28.8 Å². The second-order valence-electron chi connectivity index (χ2n) is 19.8. The molecule has 0 N–H and O–H groups in total. The minimum atomic E-state index is -0.880. The summed E-state index contributed by atoms with van der Waals surface area (Å²) >= 11 is 0. The molecule has 8 aromatic rings. The van der Waals surface area contributed by atoms with E-state index in [0.717, 1.165) is 4.90 Å². The van der Waals surface area contributed by atoms with Gasteiger partial charge in [0.15, 0.2) is 0 Å². The summed E-state index contributed by atoms with van der Waals surface area (Å²) in [6, 6.07) is 59.5. The summed E-state index contributed by atoms with van der Waals surface area (Å²) in [5.74, 6) is -4.17. The SMILES string of the molecule is CC.CC.CC.CN1C(=O)c2ccc(C(=O)OCOC(=O)c3ccc4c(c3)C(=O)[N-]C4=O)cc2C1=O.Cc1ccc(-c2ccc(C)cc2)cc1.Cc1ccc(C(C)(C)c2ccc(C)cc2)cc1.Cc1ccc(C)cc1.Cc1cccc(C)c1.[CH3-].[Y]. The molecule has 11 heteroatoms. The van der Waals surface area contributed by atoms with E-state index in [1.165, 1.54) is 110 Å². The van der Waals surface area contributed by atoms with E-state index < -0.39 is 42.4 Å². The van der Waals surface area contributed by atoms with Gasteiger partial charge >= 0.3 is 11.9 Å². The van der Waals surface area contributed by atoms with E-state index in [0.29, 0.717) is 0 Å². The Morgan fingerprint density at radius 3 is 1.06 bits per heavy atom. The van der Waals surface area contributed by atoms with Crippen molar-refractivity contribution in [2.45, 2.75) is 116 Å². The molecule has 10 nitrogen and oxygen atoms in total. The predicted octanol–water partition coefficient (Wildman–Crippen LogP) is 18.3. The number of ether oxygens (including phenoxy) is 2. The van der Waals surface area contributed by atoms with Gasteiger partial charge < -0.3 is 31.8 Å². The van der Waals surface area contributed by atoms with Crippen molar-refractivity contribution >= 4 is 35.6 Å². The van der Waals surface area contributed by atoms with Crippen molar-refractivity contribution in [1.82, 2.24) is 4.90 Å². The van der Waals surface area contributed by atoms with Crippen LogP contribution in [-0.4, -0.2) is 54.3 Å². The van der Waals surface area contributed by atoms with Crippen LogP contribution in [-0.2, 0) is 47.6 Å². The van der Waals surface area contributed by atoms with Crippen LogP contribution in [0, 0.1) is 62.8 Å². The molecule has 0 aliphatic carbocycles. The Balaban J connectivity index is 0.000000561. The van der Waals surface area contributed by atoms with Gasteiger partial charge in [-0.05, 0) is 108 Å². The summed E-state index contributed by atoms with van der Waals surface area (Å²) in [6.45, 7) is 32.7. The minimum absolute atomic E-state index is 0. The quantitative estimate of drug-likeness (QED) is 0.0665. The smallest absolute Gasteiger partial charge is 0.341 e. The predicted molar refractivity (Wildman–Crippen MR) is 345 cm³/mol. The van der Waals surface area contributed by atoms with E-state index in [1.807, 2.05) is 41.5 Å². The molecular formula is C74H86N2O8Y-2. The van der Waals surface area contributed by atoms with Gasteiger partial charge in [-0.2, -0.15) is 0 Å². The molecule has 0 aromatic heterocycles. The van der Waals surface area contributed by atoms with Gasteiger partial charge in [-0.25, -0.2) is 9.59 Å². The largest absolute Gasteiger partial charge is 0.587 e. The number of imide groups is 2. The van der Waals surface area contributed by atoms with Crippen molar-refractivity contribution in [3.05, 3.63) is 284 Å². The maximum atomic E-state index is 12.1. The van der Waals surface area contributed by atoms with Crippen LogP contribution in [0.4, 0.5) is 0 Å². The van der Waals surface area contributed by atoms with Crippen molar-refractivity contribution in [1.29, 1.82) is 0 Å². The molecule has 0 bridgehead atoms. The number of nitrogens with zero attached hydrogens (tertiary/aromatic N) is 2. The third-order valence-electron chi connectivity index (χ3n) is 13.0. The second kappa shape index (κ2) is 37.4. The van der Waals surface area contributed by atoms with Gasteiger partial charge in [-0.1, -0.05) is 252 Å². The standard InChI is InChI=1S/C20H12N2O8.C17H20.C14H14.2C8H10.3C2H6.CH3.Y/c1-22-17(25)12-5-3-10(7-14(12)18(22)26)20(28)30-8-29-19(27)9-2-4-11-13(6-9)16(24)21-15(11)23;1-13-5-9-15(10-6-13)17(3,4)16-11-7-14(2)8-12-16;1-11-3-7-13(8-4-11)14-9-5-12(2)6-10-14;1-7-3-5-8(2)6-4-7;1-7-4-3-5-8(2)6-7;3*1-2;;/h2-7H,8H2,1H3,(H,21,23,24);5-12H,1-4H3;3-10H,1-2H3;2*3-6H,1-2H3;3*1-2H3;1H3;/q;;;;;;;;-1;/p-1. The Hall–Kier alpha value is -7.92. The summed E-state index contributed by atoms with van der Waals surface area (Å²) in [5.41, 5.74) is 16.3. The summed E-state index contributed by atoms with van der Waals surface area (Å²) in [4.78, 5) is 72.1. The monoisotopic (exact) mass is 1220 g/mol. The normalized spacial score (nSPS) is 11.0. The van der Waals surface area contributed by atoms with Crippen molar-refractivity contribution in [3.63, 3.8) is 0 Å². The number of carbonyl (C=O) groups excluding carboxylic acids is 6. The summed E-state index contributed by atoms with van der Waals surface area (Å²) < 4.78 is 9.72. The molecular weight excluding hydrogens is 1130 g/mol. The van der Waals surface area contributed by atoms with Crippen molar-refractivity contribution in [2.75, 3.05) is 13.8 Å². The van der Waals surface area contributed by atoms with Crippen LogP contribution in [0.5, 0.6) is 0 Å². The summed E-state index contributed by atoms with van der Waals surface area (Å²) in [6.07, 6.45) is 0. The number of hydrogen-bond acceptors (Lipinski definition) is 8. The minimum Gasteiger partial charge on any atom is -0.587 e. The number of amides is 4. The third-order valence-corrected chi connectivity index (χ3v) is 13.0. The Labute approximate surface area is 532 Å². The first-order chi connectivity index (χ1) is 39.6. The summed E-state index contributed by atoms with van der Waals surface area (Å²) in [5, 5.41) is 3.27. The molecule has 8 aromatic carbocycles. The van der Waals surface area contributed by atoms with Crippen LogP contribution in [0.2, 0.25) is 0 Å². The molecule has 2 heterocycles. The van der Waals surface area contributed by atoms with E-state index in [4.69, 9.17) is 9.47 Å². The zero-order chi connectivity index (χ0) is 62.0. The van der Waals surface area contributed by atoms with Crippen molar-refractivity contribution in [2.24, 2.45) is 0 Å². The van der Waals surface area contributed by atoms with Crippen LogP contribution in [0.25, 0.3) is 16.4 Å². The maximum Gasteiger partial charge on any atom is 0.341 e. The van der Waals surface area contributed by atoms with Crippen LogP contribution in [0.1, 0.15) is 173 Å². The first-order valence-corrected chi connectivity index (χ1v) is 28.2. The molecule has 1 radical (unpaired) electrons. The zero-order valence-electron chi connectivity index (χ0n) is 53.3. The summed E-state index contributed by atoms with van der Waals surface area (Å²) in [7, 11) is 1.33. The zero-order valence-corrected chi connectivity index (χ0v) is 56.1. The number of fused-ring (bicyclic) bond motifs is 2. The molecule has 4 amide bonds. The average molecular weight is 1220 g/mol. The topological polar surface area (TPSA) is 138 Å². The van der Waals surface area contributed by atoms with Gasteiger partial charge in [0.1, 0.15) is 0 Å². The third kappa shape index (κ3) is 22.5. The Kier molecular flexibility index (Phi) is 33.0. The molecule has 10 rings (SSSR count). The number of aryl methyl sites for hydroxylation is 8. The number of carbonyl (C=O) groups is 6. The molecule has 445 valence electrons. The van der Waals surface area contributed by atoms with Gasteiger partial charge in [0, 0.05) is 56.3 Å². The molecule has 0 saturated heterocycles. The molecule has 0 spiro atoms. The van der Waals surface area contributed by atoms with Gasteiger partial charge in [0.2, 0.25) is 6.79 Å². The first kappa shape index (κ1) is 75.1. The Bertz CT molecular complexity index is 3270. The van der Waals surface area contributed by atoms with Gasteiger partial charge in [0.05, 0.1) is 34.1 Å². The van der Waals surface area contributed by atoms with Gasteiger partial charge in [-0.15, -0.1) is 0 Å². The van der Waals surface area contributed by atoms with Crippen molar-refractivity contribution < 1.29 is 71.0 Å². The van der Waals surface area contributed by atoms with E-state index >= 15 is 0 Å². The molecule has 2 aliphatic heterocycles.